The molecule has 2 aliphatic heterocycles. The normalized spacial score (nSPS) is 26.2. The number of rotatable bonds is 4. The first-order chi connectivity index (χ1) is 13.2. The van der Waals surface area contributed by atoms with Crippen LogP contribution in [0.5, 0.6) is 0 Å². The van der Waals surface area contributed by atoms with Crippen LogP contribution in [-0.4, -0.2) is 78.5 Å². The van der Waals surface area contributed by atoms with Gasteiger partial charge in [-0.05, 0) is 32.1 Å². The molecule has 0 aromatic heterocycles. The highest BCUT2D eigenvalue weighted by molar-refractivity contribution is 5.79. The SMILES string of the molecule is O=C(NCC1CN(C(=O)N2CCCN(C3CCC3)CC2)C1)C1CCCCC1. The third-order valence-electron chi connectivity index (χ3n) is 7.16. The van der Waals surface area contributed by atoms with E-state index in [1.165, 1.54) is 38.5 Å². The largest absolute Gasteiger partial charge is 0.355 e. The van der Waals surface area contributed by atoms with Crippen molar-refractivity contribution in [3.63, 3.8) is 0 Å². The van der Waals surface area contributed by atoms with Gasteiger partial charge in [0.1, 0.15) is 0 Å². The second-order valence-electron chi connectivity index (χ2n) is 9.09. The van der Waals surface area contributed by atoms with E-state index in [1.54, 1.807) is 0 Å². The summed E-state index contributed by atoms with van der Waals surface area (Å²) < 4.78 is 0. The highest BCUT2D eigenvalue weighted by Gasteiger charge is 2.35. The Bertz CT molecular complexity index is 524. The minimum atomic E-state index is 0.209. The van der Waals surface area contributed by atoms with Crippen LogP contribution in [-0.2, 0) is 4.79 Å². The Kier molecular flexibility index (Phi) is 6.21. The van der Waals surface area contributed by atoms with Gasteiger partial charge in [0.2, 0.25) is 5.91 Å². The molecule has 1 N–H and O–H groups in total. The summed E-state index contributed by atoms with van der Waals surface area (Å²) in [6, 6.07) is 0.988. The number of carbonyl (C=O) groups is 2. The summed E-state index contributed by atoms with van der Waals surface area (Å²) in [5, 5.41) is 3.14. The maximum absolute atomic E-state index is 12.8. The van der Waals surface area contributed by atoms with Crippen LogP contribution >= 0.6 is 0 Å². The molecule has 2 aliphatic carbocycles. The number of nitrogens with zero attached hydrogens (tertiary/aromatic N) is 3. The number of likely N-dealkylation sites (tertiary alicyclic amines) is 1. The Morgan fingerprint density at radius 2 is 1.56 bits per heavy atom. The van der Waals surface area contributed by atoms with E-state index in [1.807, 2.05) is 4.90 Å². The molecule has 4 fully saturated rings. The summed E-state index contributed by atoms with van der Waals surface area (Å²) in [5.41, 5.74) is 0. The van der Waals surface area contributed by atoms with Crippen molar-refractivity contribution in [3.8, 4) is 0 Å². The van der Waals surface area contributed by atoms with Gasteiger partial charge in [-0.3, -0.25) is 9.69 Å². The van der Waals surface area contributed by atoms with Gasteiger partial charge in [-0.1, -0.05) is 25.7 Å². The molecule has 6 nitrogen and oxygen atoms in total. The van der Waals surface area contributed by atoms with E-state index < -0.39 is 0 Å². The standard InChI is InChI=1S/C21H36N4O2/c26-20(18-6-2-1-3-7-18)22-14-17-15-25(16-17)21(27)24-11-5-10-23(12-13-24)19-8-4-9-19/h17-19H,1-16H2,(H,22,26). The maximum atomic E-state index is 12.8. The van der Waals surface area contributed by atoms with Gasteiger partial charge < -0.3 is 15.1 Å². The quantitative estimate of drug-likeness (QED) is 0.819. The van der Waals surface area contributed by atoms with Gasteiger partial charge in [-0.25, -0.2) is 4.79 Å². The van der Waals surface area contributed by atoms with E-state index in [9.17, 15) is 9.59 Å². The molecule has 0 atom stereocenters. The zero-order valence-corrected chi connectivity index (χ0v) is 16.7. The van der Waals surface area contributed by atoms with Crippen molar-refractivity contribution in [2.24, 2.45) is 11.8 Å². The summed E-state index contributed by atoms with van der Waals surface area (Å²) in [6.07, 6.45) is 10.9. The van der Waals surface area contributed by atoms with Gasteiger partial charge in [0.05, 0.1) is 0 Å². The van der Waals surface area contributed by atoms with Crippen molar-refractivity contribution >= 4 is 11.9 Å². The topological polar surface area (TPSA) is 55.9 Å². The first-order valence-corrected chi connectivity index (χ1v) is 11.3. The first kappa shape index (κ1) is 19.0. The van der Waals surface area contributed by atoms with Gasteiger partial charge >= 0.3 is 6.03 Å². The molecule has 4 aliphatic rings. The molecule has 2 saturated heterocycles. The summed E-state index contributed by atoms with van der Waals surface area (Å²) in [5.74, 6) is 0.898. The number of urea groups is 1. The summed E-state index contributed by atoms with van der Waals surface area (Å²) in [6.45, 7) is 6.26. The number of amides is 3. The molecule has 0 aromatic carbocycles. The van der Waals surface area contributed by atoms with E-state index in [2.05, 4.69) is 15.1 Å². The van der Waals surface area contributed by atoms with E-state index in [-0.39, 0.29) is 17.9 Å². The monoisotopic (exact) mass is 376 g/mol. The molecule has 0 radical (unpaired) electrons. The predicted octanol–water partition coefficient (Wildman–Crippen LogP) is 2.29. The minimum Gasteiger partial charge on any atom is -0.355 e. The molecule has 2 saturated carbocycles. The van der Waals surface area contributed by atoms with Crippen LogP contribution in [0.15, 0.2) is 0 Å². The lowest BCUT2D eigenvalue weighted by Gasteiger charge is -2.42. The number of nitrogens with one attached hydrogen (secondary N) is 1. The van der Waals surface area contributed by atoms with Crippen LogP contribution in [0, 0.1) is 11.8 Å². The molecule has 3 amide bonds. The second kappa shape index (κ2) is 8.80. The summed E-state index contributed by atoms with van der Waals surface area (Å²) in [4.78, 5) is 31.6. The molecule has 27 heavy (non-hydrogen) atoms. The Labute approximate surface area is 163 Å². The molecule has 4 rings (SSSR count). The molecule has 0 spiro atoms. The fourth-order valence-electron chi connectivity index (χ4n) is 5.05. The van der Waals surface area contributed by atoms with Gasteiger partial charge in [0, 0.05) is 63.7 Å². The van der Waals surface area contributed by atoms with Gasteiger partial charge in [-0.15, -0.1) is 0 Å². The average Bonchev–Trinajstić information content (AvgIpc) is 2.85. The minimum absolute atomic E-state index is 0.209. The lowest BCUT2D eigenvalue weighted by atomic mass is 9.88. The van der Waals surface area contributed by atoms with Crippen LogP contribution in [0.3, 0.4) is 0 Å². The molecule has 6 heteroatoms. The molecular formula is C21H36N4O2. The van der Waals surface area contributed by atoms with Crippen LogP contribution in [0.2, 0.25) is 0 Å². The molecule has 2 heterocycles. The van der Waals surface area contributed by atoms with Crippen LogP contribution in [0.25, 0.3) is 0 Å². The number of hydrogen-bond acceptors (Lipinski definition) is 3. The fraction of sp³-hybridized carbons (Fsp3) is 0.905. The third kappa shape index (κ3) is 4.58. The van der Waals surface area contributed by atoms with Crippen molar-refractivity contribution in [2.45, 2.75) is 63.8 Å². The Balaban J connectivity index is 1.14. The first-order valence-electron chi connectivity index (χ1n) is 11.3. The van der Waals surface area contributed by atoms with Crippen molar-refractivity contribution in [1.82, 2.24) is 20.0 Å². The highest BCUT2D eigenvalue weighted by atomic mass is 16.2. The highest BCUT2D eigenvalue weighted by Crippen LogP contribution is 2.26. The van der Waals surface area contributed by atoms with Gasteiger partial charge in [0.25, 0.3) is 0 Å². The molecular weight excluding hydrogens is 340 g/mol. The zero-order valence-electron chi connectivity index (χ0n) is 16.7. The smallest absolute Gasteiger partial charge is 0.320 e. The molecule has 0 aromatic rings. The van der Waals surface area contributed by atoms with Crippen LogP contribution < -0.4 is 5.32 Å². The third-order valence-corrected chi connectivity index (χ3v) is 7.16. The fourth-order valence-corrected chi connectivity index (χ4v) is 5.05. The Morgan fingerprint density at radius 1 is 0.778 bits per heavy atom. The molecule has 0 unspecified atom stereocenters. The molecule has 152 valence electrons. The van der Waals surface area contributed by atoms with Crippen LogP contribution in [0.4, 0.5) is 4.79 Å². The predicted molar refractivity (Wildman–Crippen MR) is 105 cm³/mol. The van der Waals surface area contributed by atoms with Crippen molar-refractivity contribution in [2.75, 3.05) is 45.8 Å². The molecule has 0 bridgehead atoms. The van der Waals surface area contributed by atoms with Crippen molar-refractivity contribution in [3.05, 3.63) is 0 Å². The number of carbonyl (C=O) groups excluding carboxylic acids is 2. The van der Waals surface area contributed by atoms with Gasteiger partial charge in [-0.2, -0.15) is 0 Å². The second-order valence-corrected chi connectivity index (χ2v) is 9.09. The van der Waals surface area contributed by atoms with Crippen molar-refractivity contribution < 1.29 is 9.59 Å². The lowest BCUT2D eigenvalue weighted by molar-refractivity contribution is -0.126. The van der Waals surface area contributed by atoms with Crippen molar-refractivity contribution in [1.29, 1.82) is 0 Å². The lowest BCUT2D eigenvalue weighted by Crippen LogP contribution is -2.58. The zero-order chi connectivity index (χ0) is 18.6. The summed E-state index contributed by atoms with van der Waals surface area (Å²) in [7, 11) is 0. The number of hydrogen-bond donors (Lipinski definition) is 1. The van der Waals surface area contributed by atoms with E-state index in [4.69, 9.17) is 0 Å². The Hall–Kier alpha value is -1.30. The van der Waals surface area contributed by atoms with E-state index >= 15 is 0 Å². The maximum Gasteiger partial charge on any atom is 0.320 e. The average molecular weight is 377 g/mol. The van der Waals surface area contributed by atoms with Crippen LogP contribution in [0.1, 0.15) is 57.8 Å². The van der Waals surface area contributed by atoms with Gasteiger partial charge in [0.15, 0.2) is 0 Å². The van der Waals surface area contributed by atoms with E-state index in [0.29, 0.717) is 5.92 Å². The van der Waals surface area contributed by atoms with E-state index in [0.717, 1.165) is 71.1 Å². The Morgan fingerprint density at radius 3 is 2.26 bits per heavy atom. The summed E-state index contributed by atoms with van der Waals surface area (Å²) >= 11 is 0.